The standard InChI is InChI=1S/C29H35N3O5S2/c1-23-8-12-27(13-9-23)39(36,37)32(21-26-7-5-6-24(2)20-26)22-29(33)30-17-16-25-10-14-28(15-11-25)38(34,35)31-18-3-4-19-31/h5-15,20H,3-4,16-19,21-22H2,1-2H3,(H,30,33). The predicted octanol–water partition coefficient (Wildman–Crippen LogP) is 3.64. The molecule has 0 spiro atoms. The van der Waals surface area contributed by atoms with Crippen molar-refractivity contribution >= 4 is 26.0 Å². The molecule has 1 aliphatic heterocycles. The van der Waals surface area contributed by atoms with Crippen molar-refractivity contribution in [2.45, 2.75) is 49.4 Å². The molecule has 3 aromatic rings. The molecule has 0 aliphatic carbocycles. The summed E-state index contributed by atoms with van der Waals surface area (Å²) in [6.07, 6.45) is 2.25. The van der Waals surface area contributed by atoms with Crippen LogP contribution in [0.1, 0.15) is 35.1 Å². The van der Waals surface area contributed by atoms with Gasteiger partial charge >= 0.3 is 0 Å². The number of carbonyl (C=O) groups excluding carboxylic acids is 1. The second-order valence-corrected chi connectivity index (χ2v) is 13.8. The number of nitrogens with zero attached hydrogens (tertiary/aromatic N) is 2. The van der Waals surface area contributed by atoms with E-state index in [9.17, 15) is 21.6 Å². The fourth-order valence-electron chi connectivity index (χ4n) is 4.57. The highest BCUT2D eigenvalue weighted by Crippen LogP contribution is 2.22. The molecule has 4 rings (SSSR count). The molecule has 0 unspecified atom stereocenters. The molecule has 0 atom stereocenters. The van der Waals surface area contributed by atoms with E-state index >= 15 is 0 Å². The lowest BCUT2D eigenvalue weighted by atomic mass is 10.1. The van der Waals surface area contributed by atoms with Gasteiger partial charge in [-0.05, 0) is 68.5 Å². The zero-order valence-electron chi connectivity index (χ0n) is 22.3. The lowest BCUT2D eigenvalue weighted by Gasteiger charge is -2.22. The summed E-state index contributed by atoms with van der Waals surface area (Å²) in [7, 11) is -7.39. The van der Waals surface area contributed by atoms with Crippen molar-refractivity contribution in [3.05, 3.63) is 95.1 Å². The molecule has 8 nitrogen and oxygen atoms in total. The second-order valence-electron chi connectivity index (χ2n) is 9.93. The van der Waals surface area contributed by atoms with Crippen LogP contribution in [0.25, 0.3) is 0 Å². The summed E-state index contributed by atoms with van der Waals surface area (Å²) in [5.41, 5.74) is 3.62. The van der Waals surface area contributed by atoms with Crippen molar-refractivity contribution in [3.63, 3.8) is 0 Å². The highest BCUT2D eigenvalue weighted by atomic mass is 32.2. The number of nitrogens with one attached hydrogen (secondary N) is 1. The Kier molecular flexibility index (Phi) is 9.22. The molecule has 3 aromatic carbocycles. The van der Waals surface area contributed by atoms with Gasteiger partial charge < -0.3 is 5.32 Å². The predicted molar refractivity (Wildman–Crippen MR) is 151 cm³/mol. The zero-order valence-corrected chi connectivity index (χ0v) is 24.0. The summed E-state index contributed by atoms with van der Waals surface area (Å²) in [4.78, 5) is 13.3. The van der Waals surface area contributed by atoms with E-state index in [0.29, 0.717) is 26.1 Å². The van der Waals surface area contributed by atoms with Crippen LogP contribution in [0.5, 0.6) is 0 Å². The number of hydrogen-bond acceptors (Lipinski definition) is 5. The van der Waals surface area contributed by atoms with E-state index < -0.39 is 26.0 Å². The first kappa shape index (κ1) is 28.9. The third-order valence-corrected chi connectivity index (χ3v) is 10.5. The number of sulfonamides is 2. The minimum atomic E-state index is -3.92. The van der Waals surface area contributed by atoms with Crippen LogP contribution in [0.2, 0.25) is 0 Å². The Hall–Kier alpha value is -3.05. The van der Waals surface area contributed by atoms with E-state index in [-0.39, 0.29) is 22.9 Å². The van der Waals surface area contributed by atoms with Gasteiger partial charge in [-0.25, -0.2) is 16.8 Å². The summed E-state index contributed by atoms with van der Waals surface area (Å²) >= 11 is 0. The summed E-state index contributed by atoms with van der Waals surface area (Å²) in [5, 5.41) is 2.81. The average molecular weight is 570 g/mol. The van der Waals surface area contributed by atoms with Crippen molar-refractivity contribution in [3.8, 4) is 0 Å². The summed E-state index contributed by atoms with van der Waals surface area (Å²) in [6, 6.07) is 20.8. The fourth-order valence-corrected chi connectivity index (χ4v) is 7.47. The van der Waals surface area contributed by atoms with Gasteiger partial charge in [0.25, 0.3) is 0 Å². The topological polar surface area (TPSA) is 104 Å². The first-order valence-corrected chi connectivity index (χ1v) is 15.9. The molecule has 0 aromatic heterocycles. The van der Waals surface area contributed by atoms with Crippen molar-refractivity contribution in [1.29, 1.82) is 0 Å². The molecule has 39 heavy (non-hydrogen) atoms. The Morgan fingerprint density at radius 3 is 2.10 bits per heavy atom. The third-order valence-electron chi connectivity index (χ3n) is 6.78. The molecule has 1 amide bonds. The van der Waals surface area contributed by atoms with E-state index in [2.05, 4.69) is 5.32 Å². The maximum atomic E-state index is 13.5. The first-order valence-electron chi connectivity index (χ1n) is 13.0. The van der Waals surface area contributed by atoms with Crippen molar-refractivity contribution in [2.75, 3.05) is 26.2 Å². The van der Waals surface area contributed by atoms with E-state index in [1.807, 2.05) is 38.1 Å². The van der Waals surface area contributed by atoms with Crippen molar-refractivity contribution in [1.82, 2.24) is 13.9 Å². The maximum absolute atomic E-state index is 13.5. The number of rotatable bonds is 11. The van der Waals surface area contributed by atoms with E-state index in [0.717, 1.165) is 35.1 Å². The van der Waals surface area contributed by atoms with Crippen LogP contribution in [0, 0.1) is 13.8 Å². The molecule has 10 heteroatoms. The molecule has 0 radical (unpaired) electrons. The van der Waals surface area contributed by atoms with Gasteiger partial charge in [0.1, 0.15) is 0 Å². The van der Waals surface area contributed by atoms with Crippen LogP contribution in [0.15, 0.2) is 82.6 Å². The number of benzene rings is 3. The van der Waals surface area contributed by atoms with Gasteiger partial charge in [0.05, 0.1) is 16.3 Å². The minimum absolute atomic E-state index is 0.0677. The van der Waals surface area contributed by atoms with Crippen LogP contribution in [0.4, 0.5) is 0 Å². The molecule has 1 fully saturated rings. The second kappa shape index (κ2) is 12.4. The monoisotopic (exact) mass is 569 g/mol. The van der Waals surface area contributed by atoms with E-state index in [1.165, 1.54) is 8.61 Å². The zero-order chi connectivity index (χ0) is 28.0. The van der Waals surface area contributed by atoms with Gasteiger partial charge in [0.2, 0.25) is 26.0 Å². The smallest absolute Gasteiger partial charge is 0.243 e. The summed E-state index contributed by atoms with van der Waals surface area (Å²) in [5.74, 6) is -0.411. The molecule has 0 saturated carbocycles. The van der Waals surface area contributed by atoms with Crippen LogP contribution in [-0.2, 0) is 37.8 Å². The minimum Gasteiger partial charge on any atom is -0.355 e. The van der Waals surface area contributed by atoms with Crippen LogP contribution in [-0.4, -0.2) is 57.5 Å². The number of aryl methyl sites for hydroxylation is 2. The highest BCUT2D eigenvalue weighted by Gasteiger charge is 2.28. The SMILES string of the molecule is Cc1ccc(S(=O)(=O)N(CC(=O)NCCc2ccc(S(=O)(=O)N3CCCC3)cc2)Cc2cccc(C)c2)cc1. The third kappa shape index (κ3) is 7.33. The van der Waals surface area contributed by atoms with Gasteiger partial charge in [-0.15, -0.1) is 0 Å². The Morgan fingerprint density at radius 1 is 0.821 bits per heavy atom. The molecular weight excluding hydrogens is 534 g/mol. The summed E-state index contributed by atoms with van der Waals surface area (Å²) in [6.45, 7) is 4.96. The molecule has 1 heterocycles. The lowest BCUT2D eigenvalue weighted by molar-refractivity contribution is -0.121. The average Bonchev–Trinajstić information content (AvgIpc) is 3.45. The molecule has 1 saturated heterocycles. The number of hydrogen-bond donors (Lipinski definition) is 1. The quantitative estimate of drug-likeness (QED) is 0.380. The van der Waals surface area contributed by atoms with Crippen molar-refractivity contribution < 1.29 is 21.6 Å². The summed E-state index contributed by atoms with van der Waals surface area (Å²) < 4.78 is 55.1. The van der Waals surface area contributed by atoms with Gasteiger partial charge in [-0.2, -0.15) is 8.61 Å². The van der Waals surface area contributed by atoms with Gasteiger partial charge in [0.15, 0.2) is 0 Å². The molecular formula is C29H35N3O5S2. The number of carbonyl (C=O) groups is 1. The van der Waals surface area contributed by atoms with E-state index in [4.69, 9.17) is 0 Å². The number of amides is 1. The Morgan fingerprint density at radius 2 is 1.46 bits per heavy atom. The fraction of sp³-hybridized carbons (Fsp3) is 0.345. The largest absolute Gasteiger partial charge is 0.355 e. The molecule has 1 N–H and O–H groups in total. The van der Waals surface area contributed by atoms with Gasteiger partial charge in [0, 0.05) is 26.2 Å². The Bertz CT molecular complexity index is 1500. The Balaban J connectivity index is 1.39. The van der Waals surface area contributed by atoms with Crippen molar-refractivity contribution in [2.24, 2.45) is 0 Å². The van der Waals surface area contributed by atoms with Crippen LogP contribution in [0.3, 0.4) is 0 Å². The Labute approximate surface area is 231 Å². The maximum Gasteiger partial charge on any atom is 0.243 e. The van der Waals surface area contributed by atoms with E-state index in [1.54, 1.807) is 48.5 Å². The molecule has 0 bridgehead atoms. The lowest BCUT2D eigenvalue weighted by Crippen LogP contribution is -2.40. The highest BCUT2D eigenvalue weighted by molar-refractivity contribution is 7.89. The van der Waals surface area contributed by atoms with Gasteiger partial charge in [-0.1, -0.05) is 59.7 Å². The normalized spacial score (nSPS) is 14.5. The van der Waals surface area contributed by atoms with Crippen LogP contribution >= 0.6 is 0 Å². The van der Waals surface area contributed by atoms with Gasteiger partial charge in [-0.3, -0.25) is 4.79 Å². The first-order chi connectivity index (χ1) is 18.6. The molecule has 208 valence electrons. The molecule has 1 aliphatic rings. The van der Waals surface area contributed by atoms with Crippen LogP contribution < -0.4 is 5.32 Å².